The topological polar surface area (TPSA) is 100 Å². The zero-order chi connectivity index (χ0) is 26.4. The van der Waals surface area contributed by atoms with Gasteiger partial charge in [0.1, 0.15) is 16.9 Å². The zero-order valence-corrected chi connectivity index (χ0v) is 21.4. The number of piperidine rings is 1. The number of carbonyl (C=O) groups excluding carboxylic acids is 1. The van der Waals surface area contributed by atoms with Crippen molar-refractivity contribution >= 4 is 44.5 Å². The summed E-state index contributed by atoms with van der Waals surface area (Å²) in [5.41, 5.74) is -0.727. The van der Waals surface area contributed by atoms with E-state index in [1.165, 1.54) is 11.0 Å². The number of pyridine rings is 1. The van der Waals surface area contributed by atoms with Gasteiger partial charge in [-0.05, 0) is 58.5 Å². The van der Waals surface area contributed by atoms with Crippen molar-refractivity contribution in [3.05, 3.63) is 52.4 Å². The standard InChI is InChI=1S/C24H25BrF3N5O3/c1-23(2,3)19-11-15(7-8-32(19)22(35)36)33-12-13-9-14(10-16(25)20(13)31-33)29-21(34)17-5-4-6-18(30-17)24(26,27)28/h4-6,9-10,12,15,19H,7-8,11H2,1-3H3,(H,29,34)(H,35,36). The summed E-state index contributed by atoms with van der Waals surface area (Å²) in [5, 5.41) is 17.6. The molecular weight excluding hydrogens is 543 g/mol. The highest BCUT2D eigenvalue weighted by Crippen LogP contribution is 2.38. The van der Waals surface area contributed by atoms with E-state index < -0.39 is 23.9 Å². The summed E-state index contributed by atoms with van der Waals surface area (Å²) < 4.78 is 41.3. The summed E-state index contributed by atoms with van der Waals surface area (Å²) >= 11 is 3.46. The Morgan fingerprint density at radius 2 is 1.92 bits per heavy atom. The lowest BCUT2D eigenvalue weighted by atomic mass is 9.79. The minimum absolute atomic E-state index is 0.0172. The van der Waals surface area contributed by atoms with Crippen LogP contribution in [0.2, 0.25) is 0 Å². The van der Waals surface area contributed by atoms with Gasteiger partial charge in [0.15, 0.2) is 0 Å². The lowest BCUT2D eigenvalue weighted by Gasteiger charge is -2.44. The monoisotopic (exact) mass is 567 g/mol. The number of likely N-dealkylation sites (tertiary alicyclic amines) is 1. The van der Waals surface area contributed by atoms with Crippen LogP contribution in [0, 0.1) is 5.41 Å². The van der Waals surface area contributed by atoms with Gasteiger partial charge in [0.2, 0.25) is 0 Å². The Morgan fingerprint density at radius 1 is 1.19 bits per heavy atom. The van der Waals surface area contributed by atoms with E-state index >= 15 is 0 Å². The predicted octanol–water partition coefficient (Wildman–Crippen LogP) is 6.19. The maximum Gasteiger partial charge on any atom is 0.433 e. The Kier molecular flexibility index (Phi) is 6.76. The molecule has 1 saturated heterocycles. The minimum atomic E-state index is -4.65. The van der Waals surface area contributed by atoms with Gasteiger partial charge in [-0.1, -0.05) is 26.8 Å². The number of amides is 2. The number of fused-ring (bicyclic) bond motifs is 1. The average Bonchev–Trinajstić information content (AvgIpc) is 3.22. The van der Waals surface area contributed by atoms with Crippen molar-refractivity contribution in [3.8, 4) is 0 Å². The smallest absolute Gasteiger partial charge is 0.433 e. The van der Waals surface area contributed by atoms with E-state index in [0.717, 1.165) is 12.1 Å². The first kappa shape index (κ1) is 25.9. The van der Waals surface area contributed by atoms with E-state index in [9.17, 15) is 27.9 Å². The number of nitrogens with one attached hydrogen (secondary N) is 1. The molecule has 0 bridgehead atoms. The highest BCUT2D eigenvalue weighted by molar-refractivity contribution is 9.10. The Bertz CT molecular complexity index is 1320. The highest BCUT2D eigenvalue weighted by atomic mass is 79.9. The summed E-state index contributed by atoms with van der Waals surface area (Å²) in [6, 6.07) is 6.26. The number of benzene rings is 1. The van der Waals surface area contributed by atoms with Crippen LogP contribution in [0.5, 0.6) is 0 Å². The number of rotatable bonds is 3. The summed E-state index contributed by atoms with van der Waals surface area (Å²) in [7, 11) is 0. The second-order valence-electron chi connectivity index (χ2n) is 9.90. The lowest BCUT2D eigenvalue weighted by Crippen LogP contribution is -2.51. The van der Waals surface area contributed by atoms with Crippen LogP contribution in [0.25, 0.3) is 10.9 Å². The summed E-state index contributed by atoms with van der Waals surface area (Å²) in [4.78, 5) is 29.2. The van der Waals surface area contributed by atoms with Gasteiger partial charge in [0.25, 0.3) is 5.91 Å². The average molecular weight is 568 g/mol. The molecule has 192 valence electrons. The van der Waals surface area contributed by atoms with Crippen molar-refractivity contribution in [1.82, 2.24) is 19.7 Å². The molecule has 0 radical (unpaired) electrons. The number of anilines is 1. The number of hydrogen-bond acceptors (Lipinski definition) is 4. The molecule has 36 heavy (non-hydrogen) atoms. The number of carboxylic acid groups (broad SMARTS) is 1. The lowest BCUT2D eigenvalue weighted by molar-refractivity contribution is -0.141. The number of aromatic nitrogens is 3. The quantitative estimate of drug-likeness (QED) is 0.392. The fraction of sp³-hybridized carbons (Fsp3) is 0.417. The van der Waals surface area contributed by atoms with Crippen LogP contribution in [0.15, 0.2) is 41.0 Å². The Labute approximate surface area is 213 Å². The number of nitrogens with zero attached hydrogens (tertiary/aromatic N) is 4. The van der Waals surface area contributed by atoms with Crippen LogP contribution < -0.4 is 5.32 Å². The molecule has 2 aromatic heterocycles. The fourth-order valence-corrected chi connectivity index (χ4v) is 5.08. The third-order valence-electron chi connectivity index (χ3n) is 6.30. The Morgan fingerprint density at radius 3 is 2.56 bits per heavy atom. The normalized spacial score (nSPS) is 18.9. The highest BCUT2D eigenvalue weighted by Gasteiger charge is 2.39. The van der Waals surface area contributed by atoms with Gasteiger partial charge in [-0.15, -0.1) is 0 Å². The van der Waals surface area contributed by atoms with Crippen LogP contribution in [0.3, 0.4) is 0 Å². The second kappa shape index (κ2) is 9.38. The zero-order valence-electron chi connectivity index (χ0n) is 19.8. The van der Waals surface area contributed by atoms with Crippen molar-refractivity contribution in [2.45, 2.75) is 51.9 Å². The van der Waals surface area contributed by atoms with Crippen molar-refractivity contribution in [1.29, 1.82) is 0 Å². The molecule has 3 heterocycles. The SMILES string of the molecule is CC(C)(C)C1CC(n2cc3cc(NC(=O)c4cccc(C(F)(F)F)n4)cc(Br)c3n2)CCN1C(=O)O. The van der Waals surface area contributed by atoms with Gasteiger partial charge in [0.05, 0.1) is 6.04 Å². The molecule has 1 aliphatic heterocycles. The molecular formula is C24H25BrF3N5O3. The third kappa shape index (κ3) is 5.32. The predicted molar refractivity (Wildman–Crippen MR) is 131 cm³/mol. The van der Waals surface area contributed by atoms with Crippen molar-refractivity contribution in [2.24, 2.45) is 5.41 Å². The largest absolute Gasteiger partial charge is 0.465 e. The molecule has 0 spiro atoms. The van der Waals surface area contributed by atoms with Gasteiger partial charge in [-0.25, -0.2) is 9.78 Å². The summed E-state index contributed by atoms with van der Waals surface area (Å²) in [6.07, 6.45) is -2.54. The molecule has 2 unspecified atom stereocenters. The molecule has 2 amide bonds. The molecule has 0 aliphatic carbocycles. The van der Waals surface area contributed by atoms with Crippen LogP contribution in [-0.4, -0.2) is 49.4 Å². The first-order valence-electron chi connectivity index (χ1n) is 11.3. The van der Waals surface area contributed by atoms with Gasteiger partial charge in [0, 0.05) is 34.3 Å². The Balaban J connectivity index is 1.58. The van der Waals surface area contributed by atoms with Crippen LogP contribution in [0.4, 0.5) is 23.7 Å². The van der Waals surface area contributed by atoms with Crippen molar-refractivity contribution < 1.29 is 27.9 Å². The van der Waals surface area contributed by atoms with Crippen LogP contribution >= 0.6 is 15.9 Å². The summed E-state index contributed by atoms with van der Waals surface area (Å²) in [6.45, 7) is 6.44. The van der Waals surface area contributed by atoms with E-state index in [2.05, 4.69) is 26.2 Å². The molecule has 0 saturated carbocycles. The van der Waals surface area contributed by atoms with Crippen LogP contribution in [0.1, 0.15) is 55.8 Å². The van der Waals surface area contributed by atoms with E-state index in [-0.39, 0.29) is 23.2 Å². The molecule has 8 nitrogen and oxygen atoms in total. The van der Waals surface area contributed by atoms with Gasteiger partial charge in [-0.2, -0.15) is 18.3 Å². The number of alkyl halides is 3. The van der Waals surface area contributed by atoms with Gasteiger partial charge < -0.3 is 15.3 Å². The summed E-state index contributed by atoms with van der Waals surface area (Å²) in [5.74, 6) is -0.770. The number of halogens is 4. The number of hydrogen-bond donors (Lipinski definition) is 2. The van der Waals surface area contributed by atoms with E-state index in [4.69, 9.17) is 5.10 Å². The van der Waals surface area contributed by atoms with E-state index in [0.29, 0.717) is 40.4 Å². The van der Waals surface area contributed by atoms with Crippen LogP contribution in [-0.2, 0) is 6.18 Å². The molecule has 2 atom stereocenters. The number of carbonyl (C=O) groups is 2. The fourth-order valence-electron chi connectivity index (χ4n) is 4.52. The second-order valence-corrected chi connectivity index (χ2v) is 10.8. The Hall–Kier alpha value is -3.15. The van der Waals surface area contributed by atoms with Gasteiger partial charge in [-0.3, -0.25) is 9.48 Å². The van der Waals surface area contributed by atoms with Crippen molar-refractivity contribution in [3.63, 3.8) is 0 Å². The molecule has 1 aliphatic rings. The van der Waals surface area contributed by atoms with Crippen molar-refractivity contribution in [2.75, 3.05) is 11.9 Å². The minimum Gasteiger partial charge on any atom is -0.465 e. The molecule has 4 rings (SSSR count). The first-order valence-corrected chi connectivity index (χ1v) is 12.1. The first-order chi connectivity index (χ1) is 16.7. The molecule has 12 heteroatoms. The maximum atomic E-state index is 13.0. The third-order valence-corrected chi connectivity index (χ3v) is 6.91. The van der Waals surface area contributed by atoms with E-state index in [1.54, 1.807) is 12.1 Å². The molecule has 1 fully saturated rings. The molecule has 2 N–H and O–H groups in total. The maximum absolute atomic E-state index is 13.0. The molecule has 3 aromatic rings. The van der Waals surface area contributed by atoms with Gasteiger partial charge >= 0.3 is 12.3 Å². The molecule has 1 aromatic carbocycles. The van der Waals surface area contributed by atoms with E-state index in [1.807, 2.05) is 31.6 Å².